The molecule has 15 heavy (non-hydrogen) atoms. The van der Waals surface area contributed by atoms with Gasteiger partial charge in [-0.3, -0.25) is 0 Å². The Morgan fingerprint density at radius 3 is 3.00 bits per heavy atom. The molecule has 0 saturated heterocycles. The van der Waals surface area contributed by atoms with Crippen LogP contribution in [0.1, 0.15) is 4.88 Å². The van der Waals surface area contributed by atoms with E-state index in [0.29, 0.717) is 5.13 Å². The van der Waals surface area contributed by atoms with Gasteiger partial charge in [-0.05, 0) is 28.1 Å². The minimum atomic E-state index is 0.616. The Morgan fingerprint density at radius 1 is 1.47 bits per heavy atom. The molecule has 2 aromatic rings. The summed E-state index contributed by atoms with van der Waals surface area (Å²) in [6.07, 6.45) is 3.60. The van der Waals surface area contributed by atoms with E-state index in [1.165, 1.54) is 11.3 Å². The van der Waals surface area contributed by atoms with E-state index in [-0.39, 0.29) is 0 Å². The highest BCUT2D eigenvalue weighted by Gasteiger charge is 2.03. The summed E-state index contributed by atoms with van der Waals surface area (Å²) < 4.78 is 1.02. The van der Waals surface area contributed by atoms with Gasteiger partial charge in [0.1, 0.15) is 5.03 Å². The summed E-state index contributed by atoms with van der Waals surface area (Å²) in [7, 11) is 0. The van der Waals surface area contributed by atoms with Crippen LogP contribution in [0.2, 0.25) is 0 Å². The predicted molar refractivity (Wildman–Crippen MR) is 68.0 cm³/mol. The SMILES string of the molecule is Nc1ncc(CSc2ncccc2Br)s1. The molecule has 6 heteroatoms. The molecule has 0 unspecified atom stereocenters. The summed E-state index contributed by atoms with van der Waals surface area (Å²) in [5.41, 5.74) is 5.55. The molecule has 2 N–H and O–H groups in total. The highest BCUT2D eigenvalue weighted by atomic mass is 79.9. The fourth-order valence-corrected chi connectivity index (χ4v) is 3.19. The van der Waals surface area contributed by atoms with Crippen LogP contribution < -0.4 is 5.73 Å². The molecule has 0 saturated carbocycles. The van der Waals surface area contributed by atoms with E-state index in [1.54, 1.807) is 18.0 Å². The Balaban J connectivity index is 2.02. The van der Waals surface area contributed by atoms with Crippen molar-refractivity contribution in [3.63, 3.8) is 0 Å². The standard InChI is InChI=1S/C9H8BrN3S2/c10-7-2-1-3-12-8(7)14-5-6-4-13-9(11)15-6/h1-4H,5H2,(H2,11,13). The van der Waals surface area contributed by atoms with Gasteiger partial charge in [-0.15, -0.1) is 11.3 Å². The van der Waals surface area contributed by atoms with E-state index in [1.807, 2.05) is 18.3 Å². The molecule has 0 aromatic carbocycles. The van der Waals surface area contributed by atoms with Crippen molar-refractivity contribution in [1.29, 1.82) is 0 Å². The van der Waals surface area contributed by atoms with Crippen LogP contribution in [0.15, 0.2) is 34.0 Å². The van der Waals surface area contributed by atoms with Crippen LogP contribution in [0.25, 0.3) is 0 Å². The van der Waals surface area contributed by atoms with Gasteiger partial charge in [0.2, 0.25) is 0 Å². The van der Waals surface area contributed by atoms with Crippen molar-refractivity contribution in [3.8, 4) is 0 Å². The molecule has 78 valence electrons. The fourth-order valence-electron chi connectivity index (χ4n) is 1.01. The van der Waals surface area contributed by atoms with E-state index in [2.05, 4.69) is 25.9 Å². The molecule has 0 atom stereocenters. The van der Waals surface area contributed by atoms with Crippen molar-refractivity contribution >= 4 is 44.2 Å². The molecule has 0 spiro atoms. The molecule has 3 nitrogen and oxygen atoms in total. The van der Waals surface area contributed by atoms with Crippen molar-refractivity contribution in [1.82, 2.24) is 9.97 Å². The molecule has 0 amide bonds. The summed E-state index contributed by atoms with van der Waals surface area (Å²) in [6, 6.07) is 3.88. The number of halogens is 1. The largest absolute Gasteiger partial charge is 0.375 e. The number of rotatable bonds is 3. The summed E-state index contributed by atoms with van der Waals surface area (Å²) in [6.45, 7) is 0. The summed E-state index contributed by atoms with van der Waals surface area (Å²) in [5.74, 6) is 0.852. The van der Waals surface area contributed by atoms with Gasteiger partial charge < -0.3 is 5.73 Å². The highest BCUT2D eigenvalue weighted by molar-refractivity contribution is 9.10. The number of nitrogen functional groups attached to an aromatic ring is 1. The van der Waals surface area contributed by atoms with Gasteiger partial charge in [0.15, 0.2) is 5.13 Å². The molecular formula is C9H8BrN3S2. The zero-order valence-corrected chi connectivity index (χ0v) is 10.9. The van der Waals surface area contributed by atoms with Crippen LogP contribution in [-0.2, 0) is 5.75 Å². The quantitative estimate of drug-likeness (QED) is 0.885. The third kappa shape index (κ3) is 2.93. The Hall–Kier alpha value is -0.590. The number of pyridine rings is 1. The lowest BCUT2D eigenvalue weighted by molar-refractivity contribution is 1.11. The first kappa shape index (κ1) is 10.9. The van der Waals surface area contributed by atoms with E-state index in [4.69, 9.17) is 5.73 Å². The van der Waals surface area contributed by atoms with Crippen LogP contribution >= 0.6 is 39.0 Å². The first-order valence-electron chi connectivity index (χ1n) is 4.19. The molecule has 0 aliphatic heterocycles. The zero-order chi connectivity index (χ0) is 10.7. The number of anilines is 1. The van der Waals surface area contributed by atoms with Gasteiger partial charge in [0, 0.05) is 27.5 Å². The number of thiazole rings is 1. The number of hydrogen-bond donors (Lipinski definition) is 1. The van der Waals surface area contributed by atoms with Gasteiger partial charge in [0.05, 0.1) is 0 Å². The van der Waals surface area contributed by atoms with Crippen LogP contribution in [-0.4, -0.2) is 9.97 Å². The number of nitrogens with zero attached hydrogens (tertiary/aromatic N) is 2. The molecule has 0 bridgehead atoms. The predicted octanol–water partition coefficient (Wildman–Crippen LogP) is 3.18. The van der Waals surface area contributed by atoms with Crippen molar-refractivity contribution in [2.75, 3.05) is 5.73 Å². The normalized spacial score (nSPS) is 10.5. The molecule has 2 heterocycles. The van der Waals surface area contributed by atoms with Crippen LogP contribution in [0.3, 0.4) is 0 Å². The van der Waals surface area contributed by atoms with Crippen LogP contribution in [0.5, 0.6) is 0 Å². The van der Waals surface area contributed by atoms with Crippen molar-refractivity contribution in [3.05, 3.63) is 33.9 Å². The van der Waals surface area contributed by atoms with E-state index in [9.17, 15) is 0 Å². The molecule has 0 radical (unpaired) electrons. The molecule has 0 fully saturated rings. The van der Waals surface area contributed by atoms with E-state index in [0.717, 1.165) is 20.1 Å². The minimum absolute atomic E-state index is 0.616. The van der Waals surface area contributed by atoms with Crippen LogP contribution in [0.4, 0.5) is 5.13 Å². The Labute approximate surface area is 104 Å². The van der Waals surface area contributed by atoms with Crippen LogP contribution in [0, 0.1) is 0 Å². The monoisotopic (exact) mass is 301 g/mol. The van der Waals surface area contributed by atoms with Gasteiger partial charge in [-0.2, -0.15) is 0 Å². The number of hydrogen-bond acceptors (Lipinski definition) is 5. The number of aromatic nitrogens is 2. The van der Waals surface area contributed by atoms with Gasteiger partial charge in [-0.25, -0.2) is 9.97 Å². The average molecular weight is 302 g/mol. The fraction of sp³-hybridized carbons (Fsp3) is 0.111. The minimum Gasteiger partial charge on any atom is -0.375 e. The topological polar surface area (TPSA) is 51.8 Å². The lowest BCUT2D eigenvalue weighted by Gasteiger charge is -2.00. The summed E-state index contributed by atoms with van der Waals surface area (Å²) in [4.78, 5) is 9.43. The first-order chi connectivity index (χ1) is 7.25. The van der Waals surface area contributed by atoms with E-state index >= 15 is 0 Å². The number of nitrogens with two attached hydrogens (primary N) is 1. The molecule has 2 rings (SSSR count). The zero-order valence-electron chi connectivity index (χ0n) is 7.68. The Kier molecular flexibility index (Phi) is 3.61. The van der Waals surface area contributed by atoms with Gasteiger partial charge in [0.25, 0.3) is 0 Å². The molecule has 0 aliphatic carbocycles. The maximum absolute atomic E-state index is 5.55. The van der Waals surface area contributed by atoms with Crippen molar-refractivity contribution in [2.24, 2.45) is 0 Å². The smallest absolute Gasteiger partial charge is 0.180 e. The Morgan fingerprint density at radius 2 is 2.33 bits per heavy atom. The van der Waals surface area contributed by atoms with Crippen molar-refractivity contribution < 1.29 is 0 Å². The Bertz CT molecular complexity index is 458. The van der Waals surface area contributed by atoms with Gasteiger partial charge in [-0.1, -0.05) is 11.8 Å². The lowest BCUT2D eigenvalue weighted by atomic mass is 10.5. The molecule has 0 aliphatic rings. The average Bonchev–Trinajstić information content (AvgIpc) is 2.63. The van der Waals surface area contributed by atoms with Gasteiger partial charge >= 0.3 is 0 Å². The highest BCUT2D eigenvalue weighted by Crippen LogP contribution is 2.29. The molecular weight excluding hydrogens is 294 g/mol. The third-order valence-electron chi connectivity index (χ3n) is 1.65. The maximum atomic E-state index is 5.55. The second kappa shape index (κ2) is 4.96. The summed E-state index contributed by atoms with van der Waals surface area (Å²) >= 11 is 6.64. The lowest BCUT2D eigenvalue weighted by Crippen LogP contribution is -1.81. The first-order valence-corrected chi connectivity index (χ1v) is 6.78. The van der Waals surface area contributed by atoms with Crippen molar-refractivity contribution in [2.45, 2.75) is 10.8 Å². The maximum Gasteiger partial charge on any atom is 0.180 e. The summed E-state index contributed by atoms with van der Waals surface area (Å²) in [5, 5.41) is 1.61. The van der Waals surface area contributed by atoms with E-state index < -0.39 is 0 Å². The number of thioether (sulfide) groups is 1. The molecule has 2 aromatic heterocycles. The third-order valence-corrected chi connectivity index (χ3v) is 4.61. The second-order valence-corrected chi connectivity index (χ2v) is 5.71. The second-order valence-electron chi connectivity index (χ2n) is 2.74.